The molecule has 1 aromatic carbocycles. The average Bonchev–Trinajstić information content (AvgIpc) is 2.75. The van der Waals surface area contributed by atoms with Crippen molar-refractivity contribution in [1.82, 2.24) is 9.80 Å². The summed E-state index contributed by atoms with van der Waals surface area (Å²) in [7, 11) is -3.69. The van der Waals surface area contributed by atoms with E-state index in [-0.39, 0.29) is 10.9 Å². The summed E-state index contributed by atoms with van der Waals surface area (Å²) in [4.78, 5) is 16.7. The summed E-state index contributed by atoms with van der Waals surface area (Å²) in [6, 6.07) is 5.10. The molecule has 1 aliphatic rings. The molecule has 1 aromatic rings. The molecule has 6 nitrogen and oxygen atoms in total. The molecule has 0 saturated carbocycles. The number of primary sulfonamides is 1. The third-order valence-electron chi connectivity index (χ3n) is 4.34. The van der Waals surface area contributed by atoms with Gasteiger partial charge < -0.3 is 9.80 Å². The molecule has 24 heavy (non-hydrogen) atoms. The van der Waals surface area contributed by atoms with Crippen LogP contribution in [0, 0.1) is 0 Å². The molecule has 0 spiro atoms. The second kappa shape index (κ2) is 7.98. The summed E-state index contributed by atoms with van der Waals surface area (Å²) in [5.74, 6) is 0. The summed E-state index contributed by atoms with van der Waals surface area (Å²) < 4.78 is 23.0. The summed E-state index contributed by atoms with van der Waals surface area (Å²) in [6.07, 6.45) is 3.27. The second-order valence-corrected chi connectivity index (χ2v) is 7.79. The number of sulfonamides is 1. The largest absolute Gasteiger partial charge is 0.325 e. The lowest BCUT2D eigenvalue weighted by molar-refractivity contribution is 0.154. The fraction of sp³-hybridized carbons (Fsp3) is 0.588. The first kappa shape index (κ1) is 18.7. The molecule has 0 aliphatic carbocycles. The van der Waals surface area contributed by atoms with Crippen LogP contribution >= 0.6 is 0 Å². The quantitative estimate of drug-likeness (QED) is 0.878. The first-order valence-corrected chi connectivity index (χ1v) is 10.1. The van der Waals surface area contributed by atoms with Crippen LogP contribution in [0.5, 0.6) is 0 Å². The van der Waals surface area contributed by atoms with Gasteiger partial charge in [0.25, 0.3) is 0 Å². The van der Waals surface area contributed by atoms with Crippen LogP contribution in [0.1, 0.15) is 37.8 Å². The summed E-state index contributed by atoms with van der Waals surface area (Å²) in [5.41, 5.74) is 2.06. The molecular formula is C17H27N3O3S. The van der Waals surface area contributed by atoms with Crippen LogP contribution in [0.2, 0.25) is 0 Å². The number of hydrogen-bond donors (Lipinski definition) is 1. The van der Waals surface area contributed by atoms with Crippen molar-refractivity contribution in [3.8, 4) is 0 Å². The van der Waals surface area contributed by atoms with Gasteiger partial charge >= 0.3 is 6.03 Å². The lowest BCUT2D eigenvalue weighted by Gasteiger charge is -2.29. The number of nitrogens with zero attached hydrogens (tertiary/aromatic N) is 2. The number of urea groups is 1. The van der Waals surface area contributed by atoms with Gasteiger partial charge in [0, 0.05) is 26.2 Å². The predicted molar refractivity (Wildman–Crippen MR) is 94.3 cm³/mol. The monoisotopic (exact) mass is 353 g/mol. The minimum Gasteiger partial charge on any atom is -0.325 e. The van der Waals surface area contributed by atoms with E-state index in [9.17, 15) is 13.2 Å². The van der Waals surface area contributed by atoms with E-state index in [2.05, 4.69) is 13.8 Å². The Balaban J connectivity index is 2.14. The molecule has 0 saturated heterocycles. The van der Waals surface area contributed by atoms with Crippen molar-refractivity contribution >= 4 is 16.1 Å². The Morgan fingerprint density at radius 3 is 2.25 bits per heavy atom. The van der Waals surface area contributed by atoms with Gasteiger partial charge in [-0.15, -0.1) is 0 Å². The van der Waals surface area contributed by atoms with Gasteiger partial charge in [0.05, 0.1) is 4.90 Å². The topological polar surface area (TPSA) is 83.7 Å². The van der Waals surface area contributed by atoms with Gasteiger partial charge in [-0.2, -0.15) is 0 Å². The van der Waals surface area contributed by atoms with Gasteiger partial charge in [-0.25, -0.2) is 18.4 Å². The number of fused-ring (bicyclic) bond motifs is 1. The molecule has 0 bridgehead atoms. The van der Waals surface area contributed by atoms with Crippen LogP contribution in [0.15, 0.2) is 23.1 Å². The molecule has 2 rings (SSSR count). The Kier molecular flexibility index (Phi) is 6.23. The minimum absolute atomic E-state index is 0.0816. The zero-order chi connectivity index (χ0) is 17.7. The Labute approximate surface area is 144 Å². The Morgan fingerprint density at radius 2 is 1.71 bits per heavy atom. The van der Waals surface area contributed by atoms with Crippen molar-refractivity contribution in [3.63, 3.8) is 0 Å². The molecule has 0 aromatic heterocycles. The van der Waals surface area contributed by atoms with Gasteiger partial charge in [0.15, 0.2) is 0 Å². The van der Waals surface area contributed by atoms with E-state index in [1.165, 1.54) is 0 Å². The van der Waals surface area contributed by atoms with Crippen LogP contribution < -0.4 is 5.14 Å². The molecule has 0 unspecified atom stereocenters. The Bertz CT molecular complexity index is 682. The number of rotatable bonds is 5. The molecule has 134 valence electrons. The van der Waals surface area contributed by atoms with E-state index in [0.29, 0.717) is 19.5 Å². The van der Waals surface area contributed by atoms with Crippen LogP contribution in [0.4, 0.5) is 4.79 Å². The molecule has 0 radical (unpaired) electrons. The first-order chi connectivity index (χ1) is 11.4. The highest BCUT2D eigenvalue weighted by Crippen LogP contribution is 2.20. The van der Waals surface area contributed by atoms with Crippen LogP contribution in [0.25, 0.3) is 0 Å². The fourth-order valence-corrected chi connectivity index (χ4v) is 3.68. The normalized spacial score (nSPS) is 14.9. The van der Waals surface area contributed by atoms with Crippen molar-refractivity contribution in [2.45, 2.75) is 44.4 Å². The summed E-state index contributed by atoms with van der Waals surface area (Å²) in [6.45, 7) is 6.94. The molecule has 1 heterocycles. The lowest BCUT2D eigenvalue weighted by atomic mass is 10.0. The molecule has 7 heteroatoms. The van der Waals surface area contributed by atoms with E-state index < -0.39 is 10.0 Å². The third-order valence-corrected chi connectivity index (χ3v) is 5.25. The second-order valence-electron chi connectivity index (χ2n) is 6.23. The average molecular weight is 353 g/mol. The zero-order valence-corrected chi connectivity index (χ0v) is 15.3. The van der Waals surface area contributed by atoms with Crippen LogP contribution in [-0.2, 0) is 22.9 Å². The van der Waals surface area contributed by atoms with Crippen LogP contribution in [0.3, 0.4) is 0 Å². The van der Waals surface area contributed by atoms with E-state index in [1.807, 2.05) is 15.9 Å². The van der Waals surface area contributed by atoms with Gasteiger partial charge in [-0.3, -0.25) is 0 Å². The number of benzene rings is 1. The van der Waals surface area contributed by atoms with E-state index >= 15 is 0 Å². The number of amides is 2. The van der Waals surface area contributed by atoms with E-state index in [4.69, 9.17) is 5.14 Å². The zero-order valence-electron chi connectivity index (χ0n) is 14.5. The lowest BCUT2D eigenvalue weighted by Crippen LogP contribution is -2.45. The van der Waals surface area contributed by atoms with Crippen molar-refractivity contribution in [3.05, 3.63) is 29.3 Å². The summed E-state index contributed by atoms with van der Waals surface area (Å²) >= 11 is 0. The van der Waals surface area contributed by atoms with Gasteiger partial charge in [-0.1, -0.05) is 19.9 Å². The molecule has 0 atom stereocenters. The smallest absolute Gasteiger partial charge is 0.320 e. The Hall–Kier alpha value is -1.60. The predicted octanol–water partition coefficient (Wildman–Crippen LogP) is 1.98. The maximum atomic E-state index is 12.7. The van der Waals surface area contributed by atoms with Crippen LogP contribution in [-0.4, -0.2) is 50.4 Å². The standard InChI is InChI=1S/C17H27N3O3S/c1-3-9-19(10-4-2)17(21)20-11-7-14-5-6-16(24(18,22)23)13-15(14)8-12-20/h5-6,13H,3-4,7-12H2,1-2H3,(H2,18,22,23). The third kappa shape index (κ3) is 4.48. The number of carbonyl (C=O) groups excluding carboxylic acids is 1. The maximum absolute atomic E-state index is 12.7. The van der Waals surface area contributed by atoms with Crippen molar-refractivity contribution in [1.29, 1.82) is 0 Å². The van der Waals surface area contributed by atoms with Crippen molar-refractivity contribution < 1.29 is 13.2 Å². The number of hydrogen-bond acceptors (Lipinski definition) is 3. The van der Waals surface area contributed by atoms with E-state index in [0.717, 1.165) is 43.5 Å². The highest BCUT2D eigenvalue weighted by molar-refractivity contribution is 7.89. The molecule has 2 N–H and O–H groups in total. The highest BCUT2D eigenvalue weighted by atomic mass is 32.2. The van der Waals surface area contributed by atoms with Gasteiger partial charge in [0.2, 0.25) is 10.0 Å². The van der Waals surface area contributed by atoms with Crippen molar-refractivity contribution in [2.75, 3.05) is 26.2 Å². The maximum Gasteiger partial charge on any atom is 0.320 e. The first-order valence-electron chi connectivity index (χ1n) is 8.55. The fourth-order valence-electron chi connectivity index (χ4n) is 3.11. The van der Waals surface area contributed by atoms with Crippen molar-refractivity contribution in [2.24, 2.45) is 5.14 Å². The highest BCUT2D eigenvalue weighted by Gasteiger charge is 2.23. The van der Waals surface area contributed by atoms with E-state index in [1.54, 1.807) is 12.1 Å². The Morgan fingerprint density at radius 1 is 1.12 bits per heavy atom. The van der Waals surface area contributed by atoms with Gasteiger partial charge in [0.1, 0.15) is 0 Å². The molecule has 2 amide bonds. The molecule has 0 fully saturated rings. The number of carbonyl (C=O) groups is 1. The SMILES string of the molecule is CCCN(CCC)C(=O)N1CCc2ccc(S(N)(=O)=O)cc2CC1. The van der Waals surface area contributed by atoms with Gasteiger partial charge in [-0.05, 0) is 48.9 Å². The number of nitrogens with two attached hydrogens (primary N) is 1. The minimum atomic E-state index is -3.69. The summed E-state index contributed by atoms with van der Waals surface area (Å²) in [5, 5.41) is 5.21. The molecular weight excluding hydrogens is 326 g/mol. The molecule has 1 aliphatic heterocycles.